The first-order valence-electron chi connectivity index (χ1n) is 7.74. The van der Waals surface area contributed by atoms with E-state index in [4.69, 9.17) is 10.5 Å². The molecule has 2 bridgehead atoms. The molecule has 0 spiro atoms. The molecular formula is C15H21N3O3S. The van der Waals surface area contributed by atoms with Crippen molar-refractivity contribution < 1.29 is 14.3 Å². The first-order valence-corrected chi connectivity index (χ1v) is 8.56. The summed E-state index contributed by atoms with van der Waals surface area (Å²) in [6.07, 6.45) is 4.73. The fourth-order valence-corrected chi connectivity index (χ4v) is 4.65. The van der Waals surface area contributed by atoms with Gasteiger partial charge in [-0.05, 0) is 32.6 Å². The largest absolute Gasteiger partial charge is 0.466 e. The zero-order valence-corrected chi connectivity index (χ0v) is 13.7. The number of carbonyl (C=O) groups excluding carboxylic acids is 2. The van der Waals surface area contributed by atoms with Gasteiger partial charge in [0, 0.05) is 12.1 Å². The smallest absolute Gasteiger partial charge is 0.314 e. The van der Waals surface area contributed by atoms with Crippen molar-refractivity contribution in [3.8, 4) is 0 Å². The zero-order valence-electron chi connectivity index (χ0n) is 12.9. The summed E-state index contributed by atoms with van der Waals surface area (Å²) < 4.78 is 5.30. The highest BCUT2D eigenvalue weighted by Crippen LogP contribution is 2.53. The maximum absolute atomic E-state index is 12.8. The van der Waals surface area contributed by atoms with Crippen molar-refractivity contribution in [3.05, 3.63) is 11.1 Å². The highest BCUT2D eigenvalue weighted by atomic mass is 32.1. The van der Waals surface area contributed by atoms with Crippen LogP contribution in [0.5, 0.6) is 0 Å². The second-order valence-electron chi connectivity index (χ2n) is 5.96. The standard InChI is InChI=1S/C15H21N3O3S/c1-3-15(13(20)21-4-2)7-9-5-6-11(15)18(9)12(19)10-8-17-14(16)22-10/h8-9,11H,3-7H2,1-2H3,(H2,16,17)/t9-,11+,15+/m1/s1. The van der Waals surface area contributed by atoms with Crippen molar-refractivity contribution in [3.63, 3.8) is 0 Å². The molecule has 0 unspecified atom stereocenters. The van der Waals surface area contributed by atoms with Crippen LogP contribution in [0.15, 0.2) is 6.20 Å². The highest BCUT2D eigenvalue weighted by molar-refractivity contribution is 7.17. The van der Waals surface area contributed by atoms with Gasteiger partial charge in [0.05, 0.1) is 18.2 Å². The van der Waals surface area contributed by atoms with Crippen LogP contribution in [0.4, 0.5) is 5.13 Å². The van der Waals surface area contributed by atoms with Gasteiger partial charge in [-0.15, -0.1) is 0 Å². The number of aromatic nitrogens is 1. The maximum atomic E-state index is 12.8. The Morgan fingerprint density at radius 1 is 1.50 bits per heavy atom. The van der Waals surface area contributed by atoms with Crippen LogP contribution in [0, 0.1) is 5.41 Å². The molecule has 1 aromatic heterocycles. The molecule has 3 atom stereocenters. The molecule has 0 saturated carbocycles. The van der Waals surface area contributed by atoms with E-state index in [1.807, 2.05) is 18.7 Å². The normalized spacial score (nSPS) is 29.8. The van der Waals surface area contributed by atoms with Gasteiger partial charge in [-0.1, -0.05) is 18.3 Å². The van der Waals surface area contributed by atoms with Crippen molar-refractivity contribution in [2.75, 3.05) is 12.3 Å². The molecule has 0 aromatic carbocycles. The lowest BCUT2D eigenvalue weighted by Gasteiger charge is -2.34. The quantitative estimate of drug-likeness (QED) is 0.857. The number of nitrogens with two attached hydrogens (primary N) is 1. The Bertz CT molecular complexity index is 603. The molecule has 1 aromatic rings. The minimum absolute atomic E-state index is 0.0543. The Labute approximate surface area is 133 Å². The molecule has 22 heavy (non-hydrogen) atoms. The Balaban J connectivity index is 1.89. The number of anilines is 1. The second kappa shape index (κ2) is 5.53. The molecule has 2 aliphatic heterocycles. The number of esters is 1. The third-order valence-electron chi connectivity index (χ3n) is 5.02. The fourth-order valence-electron chi connectivity index (χ4n) is 4.02. The molecular weight excluding hydrogens is 302 g/mol. The molecule has 2 saturated heterocycles. The number of ether oxygens (including phenoxy) is 1. The third-order valence-corrected chi connectivity index (χ3v) is 5.84. The van der Waals surface area contributed by atoms with Crippen LogP contribution in [-0.4, -0.2) is 40.5 Å². The summed E-state index contributed by atoms with van der Waals surface area (Å²) in [5.41, 5.74) is 5.08. The van der Waals surface area contributed by atoms with Gasteiger partial charge >= 0.3 is 5.97 Å². The number of carbonyl (C=O) groups is 2. The van der Waals surface area contributed by atoms with Crippen molar-refractivity contribution in [1.29, 1.82) is 0 Å². The fraction of sp³-hybridized carbons (Fsp3) is 0.667. The number of thiazole rings is 1. The Morgan fingerprint density at radius 2 is 2.27 bits per heavy atom. The van der Waals surface area contributed by atoms with Crippen molar-refractivity contribution >= 4 is 28.3 Å². The van der Waals surface area contributed by atoms with Crippen molar-refractivity contribution in [2.45, 2.75) is 51.6 Å². The third kappa shape index (κ3) is 2.10. The molecule has 6 nitrogen and oxygen atoms in total. The first kappa shape index (κ1) is 15.3. The van der Waals surface area contributed by atoms with Gasteiger partial charge in [0.1, 0.15) is 4.88 Å². The van der Waals surface area contributed by atoms with Crippen LogP contribution in [0.1, 0.15) is 49.2 Å². The molecule has 2 aliphatic rings. The molecule has 1 amide bonds. The minimum atomic E-state index is -0.551. The molecule has 3 rings (SSSR count). The Morgan fingerprint density at radius 3 is 2.86 bits per heavy atom. The van der Waals surface area contributed by atoms with E-state index >= 15 is 0 Å². The van der Waals surface area contributed by atoms with E-state index in [1.165, 1.54) is 17.5 Å². The summed E-state index contributed by atoms with van der Waals surface area (Å²) >= 11 is 1.20. The predicted molar refractivity (Wildman–Crippen MR) is 83.5 cm³/mol. The second-order valence-corrected chi connectivity index (χ2v) is 7.02. The molecule has 120 valence electrons. The number of nitrogens with zero attached hydrogens (tertiary/aromatic N) is 2. The van der Waals surface area contributed by atoms with E-state index in [2.05, 4.69) is 4.98 Å². The van der Waals surface area contributed by atoms with Gasteiger partial charge in [0.2, 0.25) is 0 Å². The summed E-state index contributed by atoms with van der Waals surface area (Å²) in [4.78, 5) is 31.7. The van der Waals surface area contributed by atoms with E-state index < -0.39 is 5.41 Å². The molecule has 2 fully saturated rings. The summed E-state index contributed by atoms with van der Waals surface area (Å²) in [7, 11) is 0. The maximum Gasteiger partial charge on any atom is 0.314 e. The van der Waals surface area contributed by atoms with E-state index in [0.29, 0.717) is 29.5 Å². The van der Waals surface area contributed by atoms with E-state index in [1.54, 1.807) is 0 Å². The summed E-state index contributed by atoms with van der Waals surface area (Å²) in [6, 6.07) is 0.0440. The number of amides is 1. The van der Waals surface area contributed by atoms with Crippen LogP contribution < -0.4 is 5.73 Å². The Kier molecular flexibility index (Phi) is 3.84. The number of nitrogen functional groups attached to an aromatic ring is 1. The predicted octanol–water partition coefficient (Wildman–Crippen LogP) is 2.06. The van der Waals surface area contributed by atoms with Gasteiger partial charge < -0.3 is 15.4 Å². The first-order chi connectivity index (χ1) is 10.5. The lowest BCUT2D eigenvalue weighted by Crippen LogP contribution is -2.45. The highest BCUT2D eigenvalue weighted by Gasteiger charge is 2.61. The summed E-state index contributed by atoms with van der Waals surface area (Å²) in [5.74, 6) is -0.215. The molecule has 0 radical (unpaired) electrons. The monoisotopic (exact) mass is 323 g/mol. The van der Waals surface area contributed by atoms with Crippen LogP contribution in [-0.2, 0) is 9.53 Å². The van der Waals surface area contributed by atoms with E-state index in [-0.39, 0.29) is 24.0 Å². The number of hydrogen-bond donors (Lipinski definition) is 1. The van der Waals surface area contributed by atoms with Crippen molar-refractivity contribution in [1.82, 2.24) is 9.88 Å². The Hall–Kier alpha value is -1.63. The van der Waals surface area contributed by atoms with Gasteiger partial charge in [-0.25, -0.2) is 4.98 Å². The van der Waals surface area contributed by atoms with Crippen LogP contribution in [0.2, 0.25) is 0 Å². The van der Waals surface area contributed by atoms with Crippen LogP contribution in [0.25, 0.3) is 0 Å². The van der Waals surface area contributed by atoms with Gasteiger partial charge in [0.25, 0.3) is 5.91 Å². The lowest BCUT2D eigenvalue weighted by atomic mass is 9.72. The number of rotatable bonds is 4. The zero-order chi connectivity index (χ0) is 15.9. The average Bonchev–Trinajstić information content (AvgIpc) is 3.19. The minimum Gasteiger partial charge on any atom is -0.466 e. The summed E-state index contributed by atoms with van der Waals surface area (Å²) in [6.45, 7) is 4.19. The molecule has 0 aliphatic carbocycles. The van der Waals surface area contributed by atoms with E-state index in [9.17, 15) is 9.59 Å². The molecule has 3 heterocycles. The topological polar surface area (TPSA) is 85.5 Å². The van der Waals surface area contributed by atoms with Crippen LogP contribution in [0.3, 0.4) is 0 Å². The van der Waals surface area contributed by atoms with Crippen molar-refractivity contribution in [2.24, 2.45) is 5.41 Å². The lowest BCUT2D eigenvalue weighted by molar-refractivity contribution is -0.157. The molecule has 7 heteroatoms. The van der Waals surface area contributed by atoms with Gasteiger partial charge in [-0.3, -0.25) is 9.59 Å². The van der Waals surface area contributed by atoms with Gasteiger partial charge in [-0.2, -0.15) is 0 Å². The summed E-state index contributed by atoms with van der Waals surface area (Å²) in [5, 5.41) is 0.391. The molecule has 2 N–H and O–H groups in total. The van der Waals surface area contributed by atoms with E-state index in [0.717, 1.165) is 12.8 Å². The number of fused-ring (bicyclic) bond motifs is 2. The average molecular weight is 323 g/mol. The van der Waals surface area contributed by atoms with Crippen LogP contribution >= 0.6 is 11.3 Å². The number of hydrogen-bond acceptors (Lipinski definition) is 6. The van der Waals surface area contributed by atoms with Gasteiger partial charge in [0.15, 0.2) is 5.13 Å². The SMILES string of the molecule is CCOC(=O)[C@@]1(CC)C[C@H]2CC[C@@H]1N2C(=O)c1cnc(N)s1.